The van der Waals surface area contributed by atoms with E-state index in [1.54, 1.807) is 0 Å². The van der Waals surface area contributed by atoms with E-state index in [4.69, 9.17) is 0 Å². The van der Waals surface area contributed by atoms with Gasteiger partial charge in [0.2, 0.25) is 0 Å². The number of benzene rings is 2. The van der Waals surface area contributed by atoms with Crippen LogP contribution in [0, 0.1) is 0 Å². The summed E-state index contributed by atoms with van der Waals surface area (Å²) in [6, 6.07) is 15.7. The second-order valence-electron chi connectivity index (χ2n) is 7.75. The zero-order chi connectivity index (χ0) is 18.4. The van der Waals surface area contributed by atoms with Gasteiger partial charge in [0.25, 0.3) is 0 Å². The third-order valence-corrected chi connectivity index (χ3v) is 5.53. The third-order valence-electron chi connectivity index (χ3n) is 5.53. The van der Waals surface area contributed by atoms with Gasteiger partial charge < -0.3 is 9.80 Å². The zero-order valence-electron chi connectivity index (χ0n) is 16.8. The van der Waals surface area contributed by atoms with Crippen molar-refractivity contribution in [1.82, 2.24) is 0 Å². The van der Waals surface area contributed by atoms with E-state index in [-0.39, 0.29) is 0 Å². The third kappa shape index (κ3) is 4.23. The summed E-state index contributed by atoms with van der Waals surface area (Å²) in [5.41, 5.74) is 7.08. The Balaban J connectivity index is 1.74. The van der Waals surface area contributed by atoms with Crippen molar-refractivity contribution in [1.29, 1.82) is 0 Å². The molecule has 0 aromatic heterocycles. The van der Waals surface area contributed by atoms with Crippen LogP contribution in [0.3, 0.4) is 0 Å². The van der Waals surface area contributed by atoms with Crippen molar-refractivity contribution in [3.05, 3.63) is 53.6 Å². The zero-order valence-corrected chi connectivity index (χ0v) is 16.8. The Kier molecular flexibility index (Phi) is 6.60. The fourth-order valence-electron chi connectivity index (χ4n) is 4.13. The maximum absolute atomic E-state index is 2.56. The number of fused-ring (bicyclic) bond motifs is 2. The lowest BCUT2D eigenvalue weighted by Gasteiger charge is -2.35. The summed E-state index contributed by atoms with van der Waals surface area (Å²) in [7, 11) is 4.30. The van der Waals surface area contributed by atoms with Gasteiger partial charge in [-0.25, -0.2) is 0 Å². The molecule has 140 valence electrons. The lowest BCUT2D eigenvalue weighted by molar-refractivity contribution is 0.590. The maximum atomic E-state index is 2.56. The average molecular weight is 351 g/mol. The van der Waals surface area contributed by atoms with Gasteiger partial charge in [-0.3, -0.25) is 0 Å². The van der Waals surface area contributed by atoms with E-state index in [1.165, 1.54) is 73.1 Å². The lowest BCUT2D eigenvalue weighted by atomic mass is 9.93. The molecule has 0 radical (unpaired) electrons. The molecular formula is C24H34N2. The quantitative estimate of drug-likeness (QED) is 0.473. The molecule has 0 saturated heterocycles. The minimum atomic E-state index is 1.04. The molecule has 0 atom stereocenters. The Morgan fingerprint density at radius 2 is 1.50 bits per heavy atom. The number of rotatable bonds is 9. The number of hydrogen-bond acceptors (Lipinski definition) is 2. The molecule has 26 heavy (non-hydrogen) atoms. The summed E-state index contributed by atoms with van der Waals surface area (Å²) in [5, 5.41) is 0. The van der Waals surface area contributed by atoms with Crippen LogP contribution in [0.5, 0.6) is 0 Å². The van der Waals surface area contributed by atoms with Gasteiger partial charge in [0.05, 0.1) is 0 Å². The number of nitrogens with zero attached hydrogens (tertiary/aromatic N) is 2. The van der Waals surface area contributed by atoms with Crippen molar-refractivity contribution in [2.24, 2.45) is 0 Å². The fourth-order valence-corrected chi connectivity index (χ4v) is 4.13. The highest BCUT2D eigenvalue weighted by molar-refractivity contribution is 5.79. The molecular weight excluding hydrogens is 316 g/mol. The van der Waals surface area contributed by atoms with Gasteiger partial charge in [-0.15, -0.1) is 0 Å². The van der Waals surface area contributed by atoms with Crippen LogP contribution in [0.2, 0.25) is 0 Å². The highest BCUT2D eigenvalue weighted by Crippen LogP contribution is 2.42. The van der Waals surface area contributed by atoms with Crippen LogP contribution in [0.15, 0.2) is 42.5 Å². The number of unbranched alkanes of at least 4 members (excludes halogenated alkanes) is 6. The molecule has 3 rings (SSSR count). The van der Waals surface area contributed by atoms with Crippen molar-refractivity contribution < 1.29 is 0 Å². The Morgan fingerprint density at radius 1 is 0.808 bits per heavy atom. The molecule has 2 heteroatoms. The van der Waals surface area contributed by atoms with Gasteiger partial charge in [0, 0.05) is 49.7 Å². The van der Waals surface area contributed by atoms with Crippen molar-refractivity contribution in [2.45, 2.75) is 58.3 Å². The van der Waals surface area contributed by atoms with Crippen molar-refractivity contribution >= 4 is 17.1 Å². The first-order valence-electron chi connectivity index (χ1n) is 10.4. The van der Waals surface area contributed by atoms with E-state index >= 15 is 0 Å². The van der Waals surface area contributed by atoms with E-state index in [0.29, 0.717) is 0 Å². The molecule has 1 heterocycles. The molecule has 0 amide bonds. The molecule has 0 fully saturated rings. The number of hydrogen-bond donors (Lipinski definition) is 0. The number of para-hydroxylation sites is 1. The second-order valence-corrected chi connectivity index (χ2v) is 7.75. The largest absolute Gasteiger partial charge is 0.377 e. The fraction of sp³-hybridized carbons (Fsp3) is 0.500. The summed E-state index contributed by atoms with van der Waals surface area (Å²) in [4.78, 5) is 4.81. The standard InChI is InChI=1S/C24H34N2/c1-4-5-6-7-8-9-12-18-26-22-15-11-10-14-20(22)19-21-23(25(2)3)16-13-17-24(21)26/h10-11,13-17H,4-9,12,18-19H2,1-3H3. The van der Waals surface area contributed by atoms with E-state index in [0.717, 1.165) is 13.0 Å². The highest BCUT2D eigenvalue weighted by atomic mass is 15.2. The minimum absolute atomic E-state index is 1.04. The van der Waals surface area contributed by atoms with Gasteiger partial charge in [-0.2, -0.15) is 0 Å². The SMILES string of the molecule is CCCCCCCCCN1c2ccccc2Cc2c(N(C)C)cccc21. The molecule has 0 aliphatic carbocycles. The Morgan fingerprint density at radius 3 is 2.27 bits per heavy atom. The Bertz CT molecular complexity index is 705. The normalized spacial score (nSPS) is 12.7. The van der Waals surface area contributed by atoms with Crippen LogP contribution in [-0.4, -0.2) is 20.6 Å². The molecule has 0 spiro atoms. The van der Waals surface area contributed by atoms with Crippen LogP contribution in [0.25, 0.3) is 0 Å². The molecule has 2 aromatic carbocycles. The predicted molar refractivity (Wildman–Crippen MR) is 115 cm³/mol. The molecule has 0 N–H and O–H groups in total. The number of anilines is 3. The molecule has 0 saturated carbocycles. The van der Waals surface area contributed by atoms with Crippen LogP contribution >= 0.6 is 0 Å². The average Bonchev–Trinajstić information content (AvgIpc) is 2.66. The van der Waals surface area contributed by atoms with Crippen LogP contribution < -0.4 is 9.80 Å². The molecule has 2 nitrogen and oxygen atoms in total. The topological polar surface area (TPSA) is 6.48 Å². The van der Waals surface area contributed by atoms with Gasteiger partial charge >= 0.3 is 0 Å². The first kappa shape index (κ1) is 18.8. The van der Waals surface area contributed by atoms with E-state index < -0.39 is 0 Å². The first-order valence-corrected chi connectivity index (χ1v) is 10.4. The molecule has 1 aliphatic heterocycles. The van der Waals surface area contributed by atoms with E-state index in [2.05, 4.69) is 73.3 Å². The van der Waals surface area contributed by atoms with Gasteiger partial charge in [0.15, 0.2) is 0 Å². The van der Waals surface area contributed by atoms with Crippen molar-refractivity contribution in [2.75, 3.05) is 30.4 Å². The van der Waals surface area contributed by atoms with Gasteiger partial charge in [0.1, 0.15) is 0 Å². The van der Waals surface area contributed by atoms with Crippen molar-refractivity contribution in [3.8, 4) is 0 Å². The smallest absolute Gasteiger partial charge is 0.0467 e. The van der Waals surface area contributed by atoms with Gasteiger partial charge in [-0.1, -0.05) is 69.7 Å². The van der Waals surface area contributed by atoms with Gasteiger partial charge in [-0.05, 0) is 30.2 Å². The monoisotopic (exact) mass is 350 g/mol. The summed E-state index contributed by atoms with van der Waals surface area (Å²) >= 11 is 0. The summed E-state index contributed by atoms with van der Waals surface area (Å²) in [6.07, 6.45) is 10.5. The molecule has 1 aliphatic rings. The highest BCUT2D eigenvalue weighted by Gasteiger charge is 2.24. The van der Waals surface area contributed by atoms with Crippen LogP contribution in [0.4, 0.5) is 17.1 Å². The maximum Gasteiger partial charge on any atom is 0.0467 e. The first-order chi connectivity index (χ1) is 12.7. The second kappa shape index (κ2) is 9.12. The van der Waals surface area contributed by atoms with Crippen LogP contribution in [0.1, 0.15) is 63.0 Å². The Hall–Kier alpha value is -1.96. The van der Waals surface area contributed by atoms with E-state index in [1.807, 2.05) is 0 Å². The van der Waals surface area contributed by atoms with Crippen molar-refractivity contribution in [3.63, 3.8) is 0 Å². The molecule has 0 unspecified atom stereocenters. The van der Waals surface area contributed by atoms with Crippen LogP contribution in [-0.2, 0) is 6.42 Å². The summed E-state index contributed by atoms with van der Waals surface area (Å²) in [5.74, 6) is 0. The predicted octanol–water partition coefficient (Wildman–Crippen LogP) is 6.55. The molecule has 0 bridgehead atoms. The minimum Gasteiger partial charge on any atom is -0.377 e. The van der Waals surface area contributed by atoms with E-state index in [9.17, 15) is 0 Å². The summed E-state index contributed by atoms with van der Waals surface area (Å²) < 4.78 is 0. The lowest BCUT2D eigenvalue weighted by Crippen LogP contribution is -2.26. The Labute approximate surface area is 159 Å². The molecule has 2 aromatic rings. The summed E-state index contributed by atoms with van der Waals surface area (Å²) in [6.45, 7) is 3.40.